The minimum Gasteiger partial charge on any atom is -0.496 e. The van der Waals surface area contributed by atoms with Crippen molar-refractivity contribution in [2.75, 3.05) is 14.2 Å². The van der Waals surface area contributed by atoms with Crippen LogP contribution in [-0.2, 0) is 6.54 Å². The number of ether oxygens (including phenoxy) is 1. The van der Waals surface area contributed by atoms with Crippen molar-refractivity contribution in [1.29, 1.82) is 0 Å². The van der Waals surface area contributed by atoms with Gasteiger partial charge < -0.3 is 10.1 Å². The van der Waals surface area contributed by atoms with Gasteiger partial charge >= 0.3 is 0 Å². The highest BCUT2D eigenvalue weighted by Gasteiger charge is 2.08. The number of methoxy groups -OCH3 is 1. The molecule has 0 fully saturated rings. The number of fused-ring (bicyclic) bond motifs is 1. The fourth-order valence-corrected chi connectivity index (χ4v) is 2.61. The van der Waals surface area contributed by atoms with Crippen LogP contribution in [0.1, 0.15) is 5.56 Å². The van der Waals surface area contributed by atoms with Crippen molar-refractivity contribution in [3.05, 3.63) is 60.3 Å². The Bertz CT molecular complexity index is 763. The normalized spacial score (nSPS) is 10.8. The lowest BCUT2D eigenvalue weighted by Gasteiger charge is -2.12. The molecule has 0 bridgehead atoms. The second kappa shape index (κ2) is 5.94. The highest BCUT2D eigenvalue weighted by Crippen LogP contribution is 2.30. The molecule has 3 aromatic rings. The third-order valence-electron chi connectivity index (χ3n) is 3.59. The van der Waals surface area contributed by atoms with Gasteiger partial charge in [0.2, 0.25) is 0 Å². The Kier molecular flexibility index (Phi) is 3.84. The minimum atomic E-state index is 0.773. The Hall–Kier alpha value is -2.39. The summed E-state index contributed by atoms with van der Waals surface area (Å²) in [4.78, 5) is 4.53. The molecule has 3 heteroatoms. The molecule has 0 saturated carbocycles. The number of rotatable bonds is 4. The van der Waals surface area contributed by atoms with E-state index in [9.17, 15) is 0 Å². The molecule has 1 N–H and O–H groups in total. The van der Waals surface area contributed by atoms with Gasteiger partial charge in [0.05, 0.1) is 12.6 Å². The lowest BCUT2D eigenvalue weighted by atomic mass is 9.99. The van der Waals surface area contributed by atoms with Crippen LogP contribution in [0.15, 0.2) is 54.7 Å². The molecule has 0 aliphatic heterocycles. The van der Waals surface area contributed by atoms with Crippen LogP contribution in [0.5, 0.6) is 5.75 Å². The van der Waals surface area contributed by atoms with Crippen LogP contribution >= 0.6 is 0 Å². The van der Waals surface area contributed by atoms with E-state index in [1.807, 2.05) is 25.4 Å². The van der Waals surface area contributed by atoms with Crippen molar-refractivity contribution in [1.82, 2.24) is 10.3 Å². The van der Waals surface area contributed by atoms with E-state index in [0.717, 1.165) is 39.9 Å². The van der Waals surface area contributed by atoms with Crippen molar-refractivity contribution in [2.24, 2.45) is 0 Å². The van der Waals surface area contributed by atoms with E-state index >= 15 is 0 Å². The average Bonchev–Trinajstić information content (AvgIpc) is 2.54. The highest BCUT2D eigenvalue weighted by molar-refractivity contribution is 5.93. The number of nitrogens with zero attached hydrogens (tertiary/aromatic N) is 1. The molecule has 3 nitrogen and oxygen atoms in total. The summed E-state index contributed by atoms with van der Waals surface area (Å²) in [6.07, 6.45) is 1.84. The zero-order chi connectivity index (χ0) is 14.7. The molecule has 1 heterocycles. The van der Waals surface area contributed by atoms with Gasteiger partial charge in [0, 0.05) is 29.3 Å². The lowest BCUT2D eigenvalue weighted by Crippen LogP contribution is -2.06. The van der Waals surface area contributed by atoms with Gasteiger partial charge in [0.25, 0.3) is 0 Å². The van der Waals surface area contributed by atoms with Crippen LogP contribution in [0.4, 0.5) is 0 Å². The predicted molar refractivity (Wildman–Crippen MR) is 86.5 cm³/mol. The summed E-state index contributed by atoms with van der Waals surface area (Å²) in [5.74, 6) is 0.904. The third-order valence-corrected chi connectivity index (χ3v) is 3.59. The molecule has 0 amide bonds. The largest absolute Gasteiger partial charge is 0.496 e. The second-order valence-electron chi connectivity index (χ2n) is 4.94. The van der Waals surface area contributed by atoms with Gasteiger partial charge in [-0.15, -0.1) is 0 Å². The van der Waals surface area contributed by atoms with Crippen molar-refractivity contribution >= 4 is 10.9 Å². The highest BCUT2D eigenvalue weighted by atomic mass is 16.5. The Labute approximate surface area is 124 Å². The number of aromatic nitrogens is 1. The first-order valence-corrected chi connectivity index (χ1v) is 6.99. The smallest absolute Gasteiger partial charge is 0.123 e. The number of benzene rings is 2. The van der Waals surface area contributed by atoms with Crippen LogP contribution < -0.4 is 10.1 Å². The molecule has 3 rings (SSSR count). The van der Waals surface area contributed by atoms with E-state index < -0.39 is 0 Å². The maximum atomic E-state index is 5.42. The van der Waals surface area contributed by atoms with Gasteiger partial charge in [0.15, 0.2) is 0 Å². The Morgan fingerprint density at radius 3 is 2.76 bits per heavy atom. The Morgan fingerprint density at radius 2 is 1.95 bits per heavy atom. The number of para-hydroxylation sites is 1. The summed E-state index contributed by atoms with van der Waals surface area (Å²) < 4.78 is 5.42. The van der Waals surface area contributed by atoms with Gasteiger partial charge in [-0.2, -0.15) is 0 Å². The van der Waals surface area contributed by atoms with Crippen LogP contribution in [0, 0.1) is 0 Å². The SMILES string of the molecule is CNCc1cc(-c2cccc3cccnc23)ccc1OC. The molecular formula is C18H18N2O. The van der Waals surface area contributed by atoms with E-state index in [2.05, 4.69) is 46.7 Å². The molecule has 1 aromatic heterocycles. The molecule has 0 aliphatic rings. The van der Waals surface area contributed by atoms with Crippen LogP contribution in [-0.4, -0.2) is 19.1 Å². The van der Waals surface area contributed by atoms with Gasteiger partial charge in [0.1, 0.15) is 5.75 Å². The first-order chi connectivity index (χ1) is 10.3. The molecule has 0 atom stereocenters. The van der Waals surface area contributed by atoms with Crippen LogP contribution in [0.3, 0.4) is 0 Å². The summed E-state index contributed by atoms with van der Waals surface area (Å²) in [6.45, 7) is 0.773. The fraction of sp³-hybridized carbons (Fsp3) is 0.167. The van der Waals surface area contributed by atoms with Crippen molar-refractivity contribution in [3.8, 4) is 16.9 Å². The molecule has 0 spiro atoms. The first kappa shape index (κ1) is 13.6. The van der Waals surface area contributed by atoms with Gasteiger partial charge in [-0.05, 0) is 30.8 Å². The fourth-order valence-electron chi connectivity index (χ4n) is 2.61. The van der Waals surface area contributed by atoms with Gasteiger partial charge in [-0.1, -0.05) is 30.3 Å². The van der Waals surface area contributed by atoms with E-state index in [1.54, 1.807) is 7.11 Å². The summed E-state index contributed by atoms with van der Waals surface area (Å²) in [7, 11) is 3.64. The number of hydrogen-bond acceptors (Lipinski definition) is 3. The van der Waals surface area contributed by atoms with Crippen molar-refractivity contribution in [2.45, 2.75) is 6.54 Å². The zero-order valence-corrected chi connectivity index (χ0v) is 12.3. The van der Waals surface area contributed by atoms with E-state index in [1.165, 1.54) is 0 Å². The quantitative estimate of drug-likeness (QED) is 0.791. The molecule has 0 saturated heterocycles. The summed E-state index contributed by atoms with van der Waals surface area (Å²) in [5.41, 5.74) is 4.48. The van der Waals surface area contributed by atoms with Gasteiger partial charge in [-0.3, -0.25) is 4.98 Å². The van der Waals surface area contributed by atoms with Crippen LogP contribution in [0.2, 0.25) is 0 Å². The molecule has 0 unspecified atom stereocenters. The number of pyridine rings is 1. The molecule has 0 aliphatic carbocycles. The van der Waals surface area contributed by atoms with Crippen LogP contribution in [0.25, 0.3) is 22.0 Å². The maximum absolute atomic E-state index is 5.42. The summed E-state index contributed by atoms with van der Waals surface area (Å²) in [6, 6.07) is 16.6. The predicted octanol–water partition coefficient (Wildman–Crippen LogP) is 3.63. The third kappa shape index (κ3) is 2.60. The zero-order valence-electron chi connectivity index (χ0n) is 12.3. The lowest BCUT2D eigenvalue weighted by molar-refractivity contribution is 0.408. The maximum Gasteiger partial charge on any atom is 0.123 e. The molecule has 21 heavy (non-hydrogen) atoms. The van der Waals surface area contributed by atoms with Gasteiger partial charge in [-0.25, -0.2) is 0 Å². The molecule has 106 valence electrons. The van der Waals surface area contributed by atoms with E-state index in [4.69, 9.17) is 4.74 Å². The van der Waals surface area contributed by atoms with E-state index in [0.29, 0.717) is 0 Å². The number of hydrogen-bond donors (Lipinski definition) is 1. The van der Waals surface area contributed by atoms with Crippen molar-refractivity contribution < 1.29 is 4.74 Å². The summed E-state index contributed by atoms with van der Waals surface area (Å²) >= 11 is 0. The average molecular weight is 278 g/mol. The molecular weight excluding hydrogens is 260 g/mol. The monoisotopic (exact) mass is 278 g/mol. The van der Waals surface area contributed by atoms with Crippen molar-refractivity contribution in [3.63, 3.8) is 0 Å². The molecule has 0 radical (unpaired) electrons. The second-order valence-corrected chi connectivity index (χ2v) is 4.94. The molecule has 2 aromatic carbocycles. The summed E-state index contributed by atoms with van der Waals surface area (Å²) in [5, 5.41) is 4.33. The minimum absolute atomic E-state index is 0.773. The standard InChI is InChI=1S/C18H18N2O/c1-19-12-15-11-14(8-9-17(15)21-2)16-7-3-5-13-6-4-10-20-18(13)16/h3-11,19H,12H2,1-2H3. The Morgan fingerprint density at radius 1 is 1.10 bits per heavy atom. The topological polar surface area (TPSA) is 34.2 Å². The van der Waals surface area contributed by atoms with E-state index in [-0.39, 0.29) is 0 Å². The first-order valence-electron chi connectivity index (χ1n) is 6.99. The number of nitrogens with one attached hydrogen (secondary N) is 1. The Balaban J connectivity index is 2.16.